The lowest BCUT2D eigenvalue weighted by atomic mass is 10.2. The van der Waals surface area contributed by atoms with Crippen molar-refractivity contribution < 1.29 is 14.3 Å². The Balaban J connectivity index is 1.87. The number of rotatable bonds is 6. The van der Waals surface area contributed by atoms with Crippen molar-refractivity contribution in [3.63, 3.8) is 0 Å². The molecule has 1 atom stereocenters. The zero-order valence-corrected chi connectivity index (χ0v) is 13.8. The van der Waals surface area contributed by atoms with E-state index in [2.05, 4.69) is 22.5 Å². The Kier molecular flexibility index (Phi) is 6.40. The molecule has 6 nitrogen and oxygen atoms in total. The SMILES string of the molecule is CCOc1ccccc1NC(=O)C(=O)NCC1CCCN1CC. The van der Waals surface area contributed by atoms with Gasteiger partial charge >= 0.3 is 11.8 Å². The molecule has 1 saturated heterocycles. The molecule has 1 aromatic carbocycles. The molecule has 1 aliphatic rings. The maximum absolute atomic E-state index is 12.0. The van der Waals surface area contributed by atoms with Crippen LogP contribution in [0, 0.1) is 0 Å². The largest absolute Gasteiger partial charge is 0.492 e. The molecule has 2 amide bonds. The Labute approximate surface area is 137 Å². The number of likely N-dealkylation sites (N-methyl/N-ethyl adjacent to an activating group) is 1. The number of nitrogens with one attached hydrogen (secondary N) is 2. The summed E-state index contributed by atoms with van der Waals surface area (Å²) in [6.07, 6.45) is 2.20. The van der Waals surface area contributed by atoms with Crippen LogP contribution in [0.15, 0.2) is 24.3 Å². The average Bonchev–Trinajstić information content (AvgIpc) is 3.02. The highest BCUT2D eigenvalue weighted by atomic mass is 16.5. The van der Waals surface area contributed by atoms with Gasteiger partial charge in [-0.15, -0.1) is 0 Å². The van der Waals surface area contributed by atoms with Crippen LogP contribution in [0.3, 0.4) is 0 Å². The predicted molar refractivity (Wildman–Crippen MR) is 89.5 cm³/mol. The van der Waals surface area contributed by atoms with Gasteiger partial charge in [-0.1, -0.05) is 19.1 Å². The van der Waals surface area contributed by atoms with Gasteiger partial charge in [-0.25, -0.2) is 0 Å². The third-order valence-corrected chi connectivity index (χ3v) is 4.04. The topological polar surface area (TPSA) is 70.7 Å². The summed E-state index contributed by atoms with van der Waals surface area (Å²) in [5.74, 6) is -0.721. The van der Waals surface area contributed by atoms with Crippen LogP contribution in [0.2, 0.25) is 0 Å². The summed E-state index contributed by atoms with van der Waals surface area (Å²) in [5.41, 5.74) is 0.505. The van der Waals surface area contributed by atoms with Gasteiger partial charge in [0, 0.05) is 12.6 Å². The number of carbonyl (C=O) groups excluding carboxylic acids is 2. The summed E-state index contributed by atoms with van der Waals surface area (Å²) in [4.78, 5) is 26.3. The van der Waals surface area contributed by atoms with Gasteiger partial charge in [0.25, 0.3) is 0 Å². The second kappa shape index (κ2) is 8.53. The average molecular weight is 319 g/mol. The molecule has 0 radical (unpaired) electrons. The summed E-state index contributed by atoms with van der Waals surface area (Å²) < 4.78 is 5.43. The Morgan fingerprint density at radius 2 is 2.04 bits per heavy atom. The first-order valence-corrected chi connectivity index (χ1v) is 8.20. The molecule has 0 spiro atoms. The zero-order valence-electron chi connectivity index (χ0n) is 13.8. The molecule has 1 fully saturated rings. The van der Waals surface area contributed by atoms with Crippen molar-refractivity contribution >= 4 is 17.5 Å². The number of benzene rings is 1. The van der Waals surface area contributed by atoms with Crippen molar-refractivity contribution in [1.29, 1.82) is 0 Å². The molecule has 1 heterocycles. The fourth-order valence-corrected chi connectivity index (χ4v) is 2.86. The standard InChI is InChI=1S/C17H25N3O3/c1-3-20-11-7-8-13(20)12-18-16(21)17(22)19-14-9-5-6-10-15(14)23-4-2/h5-6,9-10,13H,3-4,7-8,11-12H2,1-2H3,(H,18,21)(H,19,22). The van der Waals surface area contributed by atoms with Crippen LogP contribution in [0.25, 0.3) is 0 Å². The van der Waals surface area contributed by atoms with Crippen molar-refractivity contribution in [1.82, 2.24) is 10.2 Å². The van der Waals surface area contributed by atoms with E-state index in [-0.39, 0.29) is 0 Å². The number of hydrogen-bond acceptors (Lipinski definition) is 4. The molecule has 23 heavy (non-hydrogen) atoms. The Hall–Kier alpha value is -2.08. The number of hydrogen-bond donors (Lipinski definition) is 2. The van der Waals surface area contributed by atoms with Crippen LogP contribution >= 0.6 is 0 Å². The summed E-state index contributed by atoms with van der Waals surface area (Å²) in [5, 5.41) is 5.33. The van der Waals surface area contributed by atoms with Crippen LogP contribution in [0.4, 0.5) is 5.69 Å². The molecule has 2 N–H and O–H groups in total. The minimum atomic E-state index is -0.668. The molecular formula is C17H25N3O3. The van der Waals surface area contributed by atoms with Crippen molar-refractivity contribution in [2.75, 3.05) is 31.6 Å². The van der Waals surface area contributed by atoms with E-state index in [4.69, 9.17) is 4.74 Å². The third-order valence-electron chi connectivity index (χ3n) is 4.04. The van der Waals surface area contributed by atoms with Gasteiger partial charge in [-0.3, -0.25) is 14.5 Å². The van der Waals surface area contributed by atoms with Crippen LogP contribution in [-0.2, 0) is 9.59 Å². The first-order chi connectivity index (χ1) is 11.2. The van der Waals surface area contributed by atoms with Gasteiger partial charge in [-0.05, 0) is 45.0 Å². The minimum absolute atomic E-state index is 0.326. The molecule has 6 heteroatoms. The lowest BCUT2D eigenvalue weighted by molar-refractivity contribution is -0.136. The number of para-hydroxylation sites is 2. The summed E-state index contributed by atoms with van der Waals surface area (Å²) >= 11 is 0. The highest BCUT2D eigenvalue weighted by Crippen LogP contribution is 2.23. The Morgan fingerprint density at radius 1 is 1.26 bits per heavy atom. The van der Waals surface area contributed by atoms with E-state index in [0.717, 1.165) is 25.9 Å². The van der Waals surface area contributed by atoms with Crippen LogP contribution in [-0.4, -0.2) is 49.0 Å². The summed E-state index contributed by atoms with van der Waals surface area (Å²) in [6.45, 7) is 7.00. The van der Waals surface area contributed by atoms with Crippen LogP contribution in [0.5, 0.6) is 5.75 Å². The van der Waals surface area contributed by atoms with E-state index < -0.39 is 11.8 Å². The molecule has 1 aromatic rings. The lowest BCUT2D eigenvalue weighted by Crippen LogP contribution is -2.43. The molecule has 2 rings (SSSR count). The number of nitrogens with zero attached hydrogens (tertiary/aromatic N) is 1. The first-order valence-electron chi connectivity index (χ1n) is 8.20. The molecule has 0 aliphatic carbocycles. The van der Waals surface area contributed by atoms with Gasteiger partial charge in [0.15, 0.2) is 0 Å². The van der Waals surface area contributed by atoms with E-state index in [1.807, 2.05) is 13.0 Å². The third kappa shape index (κ3) is 4.69. The van der Waals surface area contributed by atoms with E-state index in [0.29, 0.717) is 30.6 Å². The molecule has 0 aromatic heterocycles. The number of likely N-dealkylation sites (tertiary alicyclic amines) is 1. The number of carbonyl (C=O) groups is 2. The molecule has 1 aliphatic heterocycles. The van der Waals surface area contributed by atoms with Crippen LogP contribution in [0.1, 0.15) is 26.7 Å². The van der Waals surface area contributed by atoms with Crippen molar-refractivity contribution in [2.45, 2.75) is 32.7 Å². The molecular weight excluding hydrogens is 294 g/mol. The Morgan fingerprint density at radius 3 is 2.78 bits per heavy atom. The van der Waals surface area contributed by atoms with Gasteiger partial charge in [0.1, 0.15) is 5.75 Å². The van der Waals surface area contributed by atoms with Gasteiger partial charge in [0.05, 0.1) is 12.3 Å². The van der Waals surface area contributed by atoms with Crippen molar-refractivity contribution in [3.05, 3.63) is 24.3 Å². The highest BCUT2D eigenvalue weighted by Gasteiger charge is 2.24. The summed E-state index contributed by atoms with van der Waals surface area (Å²) in [6, 6.07) is 7.40. The van der Waals surface area contributed by atoms with Crippen molar-refractivity contribution in [2.24, 2.45) is 0 Å². The monoisotopic (exact) mass is 319 g/mol. The molecule has 0 bridgehead atoms. The first kappa shape index (κ1) is 17.3. The van der Waals surface area contributed by atoms with Gasteiger partial charge < -0.3 is 15.4 Å². The van der Waals surface area contributed by atoms with E-state index >= 15 is 0 Å². The van der Waals surface area contributed by atoms with Crippen LogP contribution < -0.4 is 15.4 Å². The molecule has 1 unspecified atom stereocenters. The fraction of sp³-hybridized carbons (Fsp3) is 0.529. The zero-order chi connectivity index (χ0) is 16.7. The maximum Gasteiger partial charge on any atom is 0.313 e. The van der Waals surface area contributed by atoms with Gasteiger partial charge in [0.2, 0.25) is 0 Å². The fourth-order valence-electron chi connectivity index (χ4n) is 2.86. The van der Waals surface area contributed by atoms with E-state index in [1.54, 1.807) is 18.2 Å². The smallest absolute Gasteiger partial charge is 0.313 e. The Bertz CT molecular complexity index is 548. The lowest BCUT2D eigenvalue weighted by Gasteiger charge is -2.22. The number of amides is 2. The molecule has 0 saturated carbocycles. The second-order valence-corrected chi connectivity index (χ2v) is 5.52. The predicted octanol–water partition coefficient (Wildman–Crippen LogP) is 1.62. The van der Waals surface area contributed by atoms with E-state index in [1.165, 1.54) is 0 Å². The van der Waals surface area contributed by atoms with Crippen molar-refractivity contribution in [3.8, 4) is 5.75 Å². The minimum Gasteiger partial charge on any atom is -0.492 e. The normalized spacial score (nSPS) is 17.7. The number of ether oxygens (including phenoxy) is 1. The molecule has 126 valence electrons. The van der Waals surface area contributed by atoms with Gasteiger partial charge in [-0.2, -0.15) is 0 Å². The maximum atomic E-state index is 12.0. The highest BCUT2D eigenvalue weighted by molar-refractivity contribution is 6.39. The quantitative estimate of drug-likeness (QED) is 0.782. The second-order valence-electron chi connectivity index (χ2n) is 5.52. The number of anilines is 1. The van der Waals surface area contributed by atoms with E-state index in [9.17, 15) is 9.59 Å². The summed E-state index contributed by atoms with van der Waals surface area (Å²) in [7, 11) is 0.